The van der Waals surface area contributed by atoms with Crippen LogP contribution >= 0.6 is 0 Å². The number of pyridine rings is 1. The summed E-state index contributed by atoms with van der Waals surface area (Å²) in [5.74, 6) is -0.647. The number of esters is 1. The van der Waals surface area contributed by atoms with Gasteiger partial charge in [-0.25, -0.2) is 4.79 Å². The number of rotatable bonds is 5. The summed E-state index contributed by atoms with van der Waals surface area (Å²) in [4.78, 5) is 18.8. The first-order valence-corrected chi connectivity index (χ1v) is 10.7. The lowest BCUT2D eigenvalue weighted by Gasteiger charge is -2.29. The van der Waals surface area contributed by atoms with E-state index in [0.29, 0.717) is 5.69 Å². The molecule has 0 radical (unpaired) electrons. The minimum atomic E-state index is -4.56. The molecular formula is C24H24F3N3O2. The Labute approximate surface area is 184 Å². The minimum absolute atomic E-state index is 0.0822. The van der Waals surface area contributed by atoms with Crippen LogP contribution in [0.5, 0.6) is 0 Å². The third-order valence-electron chi connectivity index (χ3n) is 5.56. The molecule has 168 valence electrons. The Morgan fingerprint density at radius 2 is 1.81 bits per heavy atom. The predicted octanol–water partition coefficient (Wildman–Crippen LogP) is 6.16. The molecule has 1 aliphatic heterocycles. The molecule has 0 amide bonds. The number of nitrogens with one attached hydrogen (secondary N) is 1. The number of alkyl halides is 3. The number of hydrogen-bond donors (Lipinski definition) is 1. The highest BCUT2D eigenvalue weighted by Crippen LogP contribution is 2.38. The first-order chi connectivity index (χ1) is 15.4. The van der Waals surface area contributed by atoms with Gasteiger partial charge in [0.2, 0.25) is 0 Å². The fourth-order valence-electron chi connectivity index (χ4n) is 4.00. The second-order valence-electron chi connectivity index (χ2n) is 7.69. The fraction of sp³-hybridized carbons (Fsp3) is 0.333. The number of halogens is 3. The molecule has 0 bridgehead atoms. The molecule has 2 heterocycles. The highest BCUT2D eigenvalue weighted by atomic mass is 19.4. The molecule has 1 aliphatic rings. The molecule has 0 spiro atoms. The van der Waals surface area contributed by atoms with Crippen molar-refractivity contribution in [2.45, 2.75) is 32.4 Å². The quantitative estimate of drug-likeness (QED) is 0.479. The maximum Gasteiger partial charge on any atom is 0.418 e. The lowest BCUT2D eigenvalue weighted by molar-refractivity contribution is -0.136. The predicted molar refractivity (Wildman–Crippen MR) is 118 cm³/mol. The summed E-state index contributed by atoms with van der Waals surface area (Å²) < 4.78 is 45.7. The van der Waals surface area contributed by atoms with Crippen LogP contribution in [0.15, 0.2) is 48.7 Å². The number of fused-ring (bicyclic) bond motifs is 1. The molecule has 3 aromatic rings. The first-order valence-electron chi connectivity index (χ1n) is 10.7. The summed E-state index contributed by atoms with van der Waals surface area (Å²) >= 11 is 0. The van der Waals surface area contributed by atoms with Crippen molar-refractivity contribution in [3.8, 4) is 0 Å². The van der Waals surface area contributed by atoms with Gasteiger partial charge < -0.3 is 15.0 Å². The summed E-state index contributed by atoms with van der Waals surface area (Å²) in [6, 6.07) is 11.5. The van der Waals surface area contributed by atoms with E-state index in [9.17, 15) is 18.0 Å². The van der Waals surface area contributed by atoms with Gasteiger partial charge in [-0.1, -0.05) is 12.1 Å². The summed E-state index contributed by atoms with van der Waals surface area (Å²) in [6.45, 7) is 3.83. The van der Waals surface area contributed by atoms with Gasteiger partial charge in [-0.3, -0.25) is 4.98 Å². The summed E-state index contributed by atoms with van der Waals surface area (Å²) in [5, 5.41) is 3.34. The van der Waals surface area contributed by atoms with E-state index in [1.807, 2.05) is 24.3 Å². The van der Waals surface area contributed by atoms with E-state index in [-0.39, 0.29) is 28.8 Å². The summed E-state index contributed by atoms with van der Waals surface area (Å²) in [7, 11) is 0. The third kappa shape index (κ3) is 4.49. The van der Waals surface area contributed by atoms with Gasteiger partial charge in [0.1, 0.15) is 5.56 Å². The van der Waals surface area contributed by atoms with E-state index in [4.69, 9.17) is 4.74 Å². The maximum absolute atomic E-state index is 13.5. The Balaban J connectivity index is 1.75. The Bertz CT molecular complexity index is 1110. The molecule has 0 saturated carbocycles. The fourth-order valence-corrected chi connectivity index (χ4v) is 4.00. The highest BCUT2D eigenvalue weighted by molar-refractivity contribution is 6.06. The zero-order chi connectivity index (χ0) is 22.7. The molecular weight excluding hydrogens is 419 g/mol. The maximum atomic E-state index is 13.5. The van der Waals surface area contributed by atoms with Crippen LogP contribution in [0.2, 0.25) is 0 Å². The molecule has 1 fully saturated rings. The lowest BCUT2D eigenvalue weighted by atomic mass is 10.0. The van der Waals surface area contributed by atoms with E-state index in [1.165, 1.54) is 18.6 Å². The molecule has 2 aromatic carbocycles. The Kier molecular flexibility index (Phi) is 6.21. The molecule has 8 heteroatoms. The van der Waals surface area contributed by atoms with Crippen molar-refractivity contribution in [2.24, 2.45) is 0 Å². The van der Waals surface area contributed by atoms with Gasteiger partial charge in [-0.2, -0.15) is 13.2 Å². The van der Waals surface area contributed by atoms with Crippen LogP contribution < -0.4 is 10.2 Å². The standard InChI is InChI=1S/C24H24F3N3O2/c1-2-32-23(31)19-15-28-22-18(7-6-8-20(22)24(25,26)27)21(19)29-16-9-11-17(12-10-16)30-13-4-3-5-14-30/h6-12,15H,2-5,13-14H2,1H3,(H,28,29). The number of aromatic nitrogens is 1. The largest absolute Gasteiger partial charge is 0.462 e. The normalized spacial score (nSPS) is 14.4. The van der Waals surface area contributed by atoms with Crippen LogP contribution in [-0.2, 0) is 10.9 Å². The molecule has 32 heavy (non-hydrogen) atoms. The molecule has 5 nitrogen and oxygen atoms in total. The zero-order valence-corrected chi connectivity index (χ0v) is 17.7. The van der Waals surface area contributed by atoms with Crippen LogP contribution in [0.25, 0.3) is 10.9 Å². The molecule has 4 rings (SSSR count). The highest BCUT2D eigenvalue weighted by Gasteiger charge is 2.34. The monoisotopic (exact) mass is 443 g/mol. The van der Waals surface area contributed by atoms with Gasteiger partial charge >= 0.3 is 12.1 Å². The van der Waals surface area contributed by atoms with Crippen LogP contribution in [-0.4, -0.2) is 30.6 Å². The third-order valence-corrected chi connectivity index (χ3v) is 5.56. The number of carbonyl (C=O) groups is 1. The Hall–Kier alpha value is -3.29. The molecule has 1 aromatic heterocycles. The van der Waals surface area contributed by atoms with Gasteiger partial charge in [-0.05, 0) is 56.5 Å². The van der Waals surface area contributed by atoms with Gasteiger partial charge in [0.25, 0.3) is 0 Å². The van der Waals surface area contributed by atoms with Gasteiger partial charge in [0, 0.05) is 36.0 Å². The van der Waals surface area contributed by atoms with Crippen molar-refractivity contribution >= 4 is 33.9 Å². The molecule has 0 aliphatic carbocycles. The molecule has 0 unspecified atom stereocenters. The number of hydrogen-bond acceptors (Lipinski definition) is 5. The summed E-state index contributed by atoms with van der Waals surface area (Å²) in [5.41, 5.74) is 1.000. The number of ether oxygens (including phenoxy) is 1. The van der Waals surface area contributed by atoms with Crippen LogP contribution in [0.4, 0.5) is 30.2 Å². The number of nitrogens with zero attached hydrogens (tertiary/aromatic N) is 2. The van der Waals surface area contributed by atoms with Gasteiger partial charge in [0.15, 0.2) is 0 Å². The molecule has 1 N–H and O–H groups in total. The van der Waals surface area contributed by atoms with Crippen molar-refractivity contribution in [3.05, 3.63) is 59.8 Å². The molecule has 0 atom stereocenters. The topological polar surface area (TPSA) is 54.5 Å². The van der Waals surface area contributed by atoms with Crippen molar-refractivity contribution in [2.75, 3.05) is 29.9 Å². The minimum Gasteiger partial charge on any atom is -0.462 e. The Morgan fingerprint density at radius 1 is 1.09 bits per heavy atom. The van der Waals surface area contributed by atoms with E-state index < -0.39 is 17.7 Å². The number of carbonyl (C=O) groups excluding carboxylic acids is 1. The van der Waals surface area contributed by atoms with E-state index in [2.05, 4.69) is 15.2 Å². The van der Waals surface area contributed by atoms with Crippen LogP contribution in [0.1, 0.15) is 42.1 Å². The van der Waals surface area contributed by atoms with Crippen LogP contribution in [0, 0.1) is 0 Å². The van der Waals surface area contributed by atoms with Crippen molar-refractivity contribution in [1.29, 1.82) is 0 Å². The number of benzene rings is 2. The average Bonchev–Trinajstić information content (AvgIpc) is 2.79. The second-order valence-corrected chi connectivity index (χ2v) is 7.69. The van der Waals surface area contributed by atoms with E-state index >= 15 is 0 Å². The SMILES string of the molecule is CCOC(=O)c1cnc2c(C(F)(F)F)cccc2c1Nc1ccc(N2CCCCC2)cc1. The van der Waals surface area contributed by atoms with Gasteiger partial charge in [0.05, 0.1) is 23.4 Å². The number of anilines is 3. The summed E-state index contributed by atoms with van der Waals surface area (Å²) in [6.07, 6.45) is 0.133. The second kappa shape index (κ2) is 9.06. The van der Waals surface area contributed by atoms with Crippen LogP contribution in [0.3, 0.4) is 0 Å². The van der Waals surface area contributed by atoms with E-state index in [1.54, 1.807) is 6.92 Å². The zero-order valence-electron chi connectivity index (χ0n) is 17.7. The molecule has 1 saturated heterocycles. The number of piperidine rings is 1. The van der Waals surface area contributed by atoms with Crippen molar-refractivity contribution < 1.29 is 22.7 Å². The van der Waals surface area contributed by atoms with E-state index in [0.717, 1.165) is 43.9 Å². The lowest BCUT2D eigenvalue weighted by Crippen LogP contribution is -2.29. The van der Waals surface area contributed by atoms with Crippen molar-refractivity contribution in [1.82, 2.24) is 4.98 Å². The number of para-hydroxylation sites is 1. The first kappa shape index (κ1) is 21.9. The smallest absolute Gasteiger partial charge is 0.418 e. The average molecular weight is 443 g/mol. The Morgan fingerprint density at radius 3 is 2.47 bits per heavy atom. The van der Waals surface area contributed by atoms with Crippen molar-refractivity contribution in [3.63, 3.8) is 0 Å². The van der Waals surface area contributed by atoms with Gasteiger partial charge in [-0.15, -0.1) is 0 Å².